The van der Waals surface area contributed by atoms with Crippen molar-refractivity contribution >= 4 is 5.91 Å². The van der Waals surface area contributed by atoms with E-state index < -0.39 is 0 Å². The lowest BCUT2D eigenvalue weighted by Gasteiger charge is -2.12. The number of H-pyrrole nitrogens is 1. The Hall–Kier alpha value is -3.35. The second-order valence-corrected chi connectivity index (χ2v) is 8.13. The number of hydrogen-bond donors (Lipinski definition) is 2. The molecule has 0 bridgehead atoms. The van der Waals surface area contributed by atoms with Gasteiger partial charge in [-0.1, -0.05) is 39.8 Å². The molecule has 0 aliphatic heterocycles. The Morgan fingerprint density at radius 1 is 1.09 bits per heavy atom. The van der Waals surface area contributed by atoms with E-state index in [0.29, 0.717) is 31.2 Å². The van der Waals surface area contributed by atoms with E-state index >= 15 is 0 Å². The molecule has 32 heavy (non-hydrogen) atoms. The summed E-state index contributed by atoms with van der Waals surface area (Å²) in [5, 5.41) is 2.92. The number of alkyl halides is 1. The third-order valence-corrected chi connectivity index (χ3v) is 4.96. The van der Waals surface area contributed by atoms with E-state index in [-0.39, 0.29) is 17.4 Å². The van der Waals surface area contributed by atoms with Crippen LogP contribution in [0.3, 0.4) is 0 Å². The van der Waals surface area contributed by atoms with Crippen molar-refractivity contribution < 1.29 is 9.18 Å². The Bertz CT molecular complexity index is 1110. The quantitative estimate of drug-likeness (QED) is 0.579. The molecule has 0 fully saturated rings. The third kappa shape index (κ3) is 6.33. The van der Waals surface area contributed by atoms with Gasteiger partial charge in [-0.3, -0.25) is 19.0 Å². The number of benzene rings is 1. The molecule has 2 heterocycles. The number of rotatable bonds is 6. The number of halogens is 1. The fourth-order valence-corrected chi connectivity index (χ4v) is 3.06. The Morgan fingerprint density at radius 2 is 1.81 bits per heavy atom. The minimum atomic E-state index is -0.221. The van der Waals surface area contributed by atoms with Crippen LogP contribution in [0.25, 0.3) is 22.6 Å². The van der Waals surface area contributed by atoms with Crippen LogP contribution in [-0.2, 0) is 11.3 Å². The highest BCUT2D eigenvalue weighted by molar-refractivity contribution is 5.77. The van der Waals surface area contributed by atoms with Gasteiger partial charge < -0.3 is 10.3 Å². The summed E-state index contributed by atoms with van der Waals surface area (Å²) >= 11 is 0. The Balaban J connectivity index is 0.00000176. The highest BCUT2D eigenvalue weighted by atomic mass is 19.1. The fraction of sp³-hybridized carbons (Fsp3) is 0.360. The SMILES string of the molecule is CF.Cc1ccc(CNC(=O)C(C)C)cc1-c1nc(-c2ccc(C(C)C)nc2)cc(=O)[nH]1. The number of aryl methyl sites for hydroxylation is 1. The molecule has 3 rings (SSSR count). The second kappa shape index (κ2) is 11.3. The maximum atomic E-state index is 12.3. The van der Waals surface area contributed by atoms with E-state index in [0.717, 1.165) is 27.9 Å². The minimum absolute atomic E-state index is 0.00278. The second-order valence-electron chi connectivity index (χ2n) is 8.13. The highest BCUT2D eigenvalue weighted by Crippen LogP contribution is 2.24. The van der Waals surface area contributed by atoms with Crippen LogP contribution in [0.4, 0.5) is 4.39 Å². The van der Waals surface area contributed by atoms with Crippen LogP contribution < -0.4 is 10.9 Å². The molecule has 0 saturated heterocycles. The van der Waals surface area contributed by atoms with Gasteiger partial charge in [-0.2, -0.15) is 0 Å². The monoisotopic (exact) mass is 438 g/mol. The molecule has 170 valence electrons. The molecule has 1 aromatic carbocycles. The van der Waals surface area contributed by atoms with Crippen molar-refractivity contribution in [2.24, 2.45) is 5.92 Å². The first-order valence-corrected chi connectivity index (χ1v) is 10.6. The predicted octanol–water partition coefficient (Wildman–Crippen LogP) is 4.79. The summed E-state index contributed by atoms with van der Waals surface area (Å²) < 4.78 is 9.50. The summed E-state index contributed by atoms with van der Waals surface area (Å²) in [7, 11) is 0.500. The van der Waals surface area contributed by atoms with E-state index in [1.54, 1.807) is 6.20 Å². The number of nitrogens with zero attached hydrogens (tertiary/aromatic N) is 2. The Morgan fingerprint density at radius 3 is 2.41 bits per heavy atom. The largest absolute Gasteiger partial charge is 0.352 e. The topological polar surface area (TPSA) is 87.7 Å². The first-order chi connectivity index (χ1) is 15.2. The van der Waals surface area contributed by atoms with Gasteiger partial charge in [-0.05, 0) is 42.2 Å². The normalized spacial score (nSPS) is 10.7. The van der Waals surface area contributed by atoms with Gasteiger partial charge in [0.05, 0.1) is 12.9 Å². The van der Waals surface area contributed by atoms with E-state index in [9.17, 15) is 14.0 Å². The van der Waals surface area contributed by atoms with Gasteiger partial charge >= 0.3 is 0 Å². The van der Waals surface area contributed by atoms with Crippen molar-refractivity contribution in [3.05, 3.63) is 69.8 Å². The number of pyridine rings is 1. The summed E-state index contributed by atoms with van der Waals surface area (Å²) in [5.74, 6) is 0.770. The van der Waals surface area contributed by atoms with Crippen molar-refractivity contribution in [2.75, 3.05) is 7.18 Å². The van der Waals surface area contributed by atoms with Crippen molar-refractivity contribution in [3.63, 3.8) is 0 Å². The number of amides is 1. The van der Waals surface area contributed by atoms with Crippen LogP contribution >= 0.6 is 0 Å². The smallest absolute Gasteiger partial charge is 0.251 e. The van der Waals surface area contributed by atoms with Crippen LogP contribution in [0.5, 0.6) is 0 Å². The molecule has 2 aromatic heterocycles. The average Bonchev–Trinajstić information content (AvgIpc) is 2.79. The molecule has 1 amide bonds. The van der Waals surface area contributed by atoms with Crippen molar-refractivity contribution in [1.82, 2.24) is 20.3 Å². The minimum Gasteiger partial charge on any atom is -0.352 e. The van der Waals surface area contributed by atoms with Crippen LogP contribution in [0.15, 0.2) is 47.4 Å². The maximum absolute atomic E-state index is 12.3. The van der Waals surface area contributed by atoms with Gasteiger partial charge in [-0.25, -0.2) is 4.98 Å². The van der Waals surface area contributed by atoms with Gasteiger partial charge in [0.1, 0.15) is 5.82 Å². The summed E-state index contributed by atoms with van der Waals surface area (Å²) in [6.07, 6.45) is 1.76. The number of carbonyl (C=O) groups is 1. The molecule has 0 aliphatic rings. The van der Waals surface area contributed by atoms with Gasteiger partial charge in [-0.15, -0.1) is 0 Å². The molecule has 7 heteroatoms. The number of carbonyl (C=O) groups excluding carboxylic acids is 1. The van der Waals surface area contributed by atoms with E-state index in [4.69, 9.17) is 4.98 Å². The van der Waals surface area contributed by atoms with Crippen molar-refractivity contribution in [1.29, 1.82) is 0 Å². The third-order valence-electron chi connectivity index (χ3n) is 4.96. The molecule has 0 aliphatic carbocycles. The van der Waals surface area contributed by atoms with Crippen LogP contribution in [0.2, 0.25) is 0 Å². The maximum Gasteiger partial charge on any atom is 0.251 e. The fourth-order valence-electron chi connectivity index (χ4n) is 3.06. The molecular formula is C25H31FN4O2. The lowest BCUT2D eigenvalue weighted by molar-refractivity contribution is -0.124. The zero-order chi connectivity index (χ0) is 23.8. The summed E-state index contributed by atoms with van der Waals surface area (Å²) in [4.78, 5) is 36.2. The van der Waals surface area contributed by atoms with Gasteiger partial charge in [0, 0.05) is 41.5 Å². The molecule has 6 nitrogen and oxygen atoms in total. The standard InChI is InChI=1S/C24H28N4O2.CH3F/c1-14(2)20-9-8-18(13-25-20)21-11-22(29)28-23(27-21)19-10-17(7-6-16(19)5)12-26-24(30)15(3)4;1-2/h6-11,13-15H,12H2,1-5H3,(H,26,30)(H,27,28,29);1H3. The molecule has 0 radical (unpaired) electrons. The number of nitrogens with one attached hydrogen (secondary N) is 2. The van der Waals surface area contributed by atoms with Crippen molar-refractivity contribution in [2.45, 2.75) is 47.1 Å². The lowest BCUT2D eigenvalue weighted by atomic mass is 10.0. The van der Waals surface area contributed by atoms with E-state index in [1.807, 2.05) is 51.1 Å². The zero-order valence-corrected chi connectivity index (χ0v) is 19.5. The average molecular weight is 439 g/mol. The highest BCUT2D eigenvalue weighted by Gasteiger charge is 2.12. The first kappa shape index (κ1) is 24.9. The van der Waals surface area contributed by atoms with Gasteiger partial charge in [0.2, 0.25) is 5.91 Å². The zero-order valence-electron chi connectivity index (χ0n) is 19.5. The summed E-state index contributed by atoms with van der Waals surface area (Å²) in [6.45, 7) is 10.3. The Labute approximate surface area is 188 Å². The van der Waals surface area contributed by atoms with Gasteiger partial charge in [0.25, 0.3) is 5.56 Å². The van der Waals surface area contributed by atoms with Gasteiger partial charge in [0.15, 0.2) is 0 Å². The van der Waals surface area contributed by atoms with Crippen LogP contribution in [0.1, 0.15) is 50.4 Å². The summed E-state index contributed by atoms with van der Waals surface area (Å²) in [5.41, 5.74) is 4.91. The Kier molecular flexibility index (Phi) is 8.81. The molecule has 0 spiro atoms. The number of hydrogen-bond acceptors (Lipinski definition) is 4. The van der Waals surface area contributed by atoms with Crippen LogP contribution in [0, 0.1) is 12.8 Å². The van der Waals surface area contributed by atoms with Crippen molar-refractivity contribution in [3.8, 4) is 22.6 Å². The number of aromatic nitrogens is 3. The lowest BCUT2D eigenvalue weighted by Crippen LogP contribution is -2.27. The van der Waals surface area contributed by atoms with E-state index in [1.165, 1.54) is 6.07 Å². The first-order valence-electron chi connectivity index (χ1n) is 10.6. The molecule has 2 N–H and O–H groups in total. The molecule has 0 atom stereocenters. The molecule has 0 saturated carbocycles. The summed E-state index contributed by atoms with van der Waals surface area (Å²) in [6, 6.07) is 11.3. The predicted molar refractivity (Wildman–Crippen MR) is 126 cm³/mol. The van der Waals surface area contributed by atoms with E-state index in [2.05, 4.69) is 29.1 Å². The van der Waals surface area contributed by atoms with Crippen LogP contribution in [-0.4, -0.2) is 28.0 Å². The molecule has 3 aromatic rings. The number of aromatic amines is 1. The molecule has 0 unspecified atom stereocenters. The molecular weight excluding hydrogens is 407 g/mol.